The second kappa shape index (κ2) is 4.91. The molecule has 2 fully saturated rings. The van der Waals surface area contributed by atoms with Gasteiger partial charge in [-0.3, -0.25) is 9.69 Å². The molecule has 2 aliphatic heterocycles. The summed E-state index contributed by atoms with van der Waals surface area (Å²) in [6, 6.07) is 7.08. The molecule has 0 radical (unpaired) electrons. The van der Waals surface area contributed by atoms with Gasteiger partial charge in [0.05, 0.1) is 5.92 Å². The van der Waals surface area contributed by atoms with Gasteiger partial charge in [-0.25, -0.2) is 0 Å². The first-order chi connectivity index (χ1) is 9.06. The quantitative estimate of drug-likeness (QED) is 0.928. The van der Waals surface area contributed by atoms with Gasteiger partial charge in [0.2, 0.25) is 0 Å². The van der Waals surface area contributed by atoms with Gasteiger partial charge in [-0.05, 0) is 43.4 Å². The monoisotopic (exact) mass is 323 g/mol. The lowest BCUT2D eigenvalue weighted by atomic mass is 9.89. The summed E-state index contributed by atoms with van der Waals surface area (Å²) >= 11 is 3.62. The highest BCUT2D eigenvalue weighted by Gasteiger charge is 2.49. The average molecular weight is 324 g/mol. The maximum absolute atomic E-state index is 11.3. The van der Waals surface area contributed by atoms with E-state index >= 15 is 0 Å². The molecule has 102 valence electrons. The SMILES string of the molecule is Cc1ccc(CN2C3CCC2C(C(=O)O)C3)c(Br)c1. The van der Waals surface area contributed by atoms with Crippen LogP contribution in [0.25, 0.3) is 0 Å². The molecule has 0 spiro atoms. The molecule has 0 amide bonds. The van der Waals surface area contributed by atoms with E-state index in [0.717, 1.165) is 30.3 Å². The number of halogens is 1. The second-order valence-corrected chi connectivity index (χ2v) is 6.60. The highest BCUT2D eigenvalue weighted by atomic mass is 79.9. The van der Waals surface area contributed by atoms with E-state index in [1.54, 1.807) is 0 Å². The predicted octanol–water partition coefficient (Wildman–Crippen LogP) is 3.20. The van der Waals surface area contributed by atoms with Crippen molar-refractivity contribution in [2.75, 3.05) is 0 Å². The first-order valence-electron chi connectivity index (χ1n) is 6.80. The molecule has 2 heterocycles. The van der Waals surface area contributed by atoms with Crippen molar-refractivity contribution in [2.45, 2.75) is 44.8 Å². The van der Waals surface area contributed by atoms with Crippen molar-refractivity contribution >= 4 is 21.9 Å². The van der Waals surface area contributed by atoms with Gasteiger partial charge in [0.25, 0.3) is 0 Å². The van der Waals surface area contributed by atoms with Crippen LogP contribution in [0, 0.1) is 12.8 Å². The number of aryl methyl sites for hydroxylation is 1. The summed E-state index contributed by atoms with van der Waals surface area (Å²) in [4.78, 5) is 13.7. The Morgan fingerprint density at radius 2 is 2.26 bits per heavy atom. The Balaban J connectivity index is 1.79. The number of hydrogen-bond donors (Lipinski definition) is 1. The van der Waals surface area contributed by atoms with Crippen LogP contribution in [0.4, 0.5) is 0 Å². The number of rotatable bonds is 3. The number of carbonyl (C=O) groups is 1. The number of aliphatic carboxylic acids is 1. The Kier molecular flexibility index (Phi) is 3.39. The number of benzene rings is 1. The lowest BCUT2D eigenvalue weighted by Gasteiger charge is -2.23. The Labute approximate surface area is 121 Å². The van der Waals surface area contributed by atoms with E-state index < -0.39 is 5.97 Å². The maximum atomic E-state index is 11.3. The minimum Gasteiger partial charge on any atom is -0.481 e. The molecule has 0 aromatic heterocycles. The maximum Gasteiger partial charge on any atom is 0.308 e. The number of fused-ring (bicyclic) bond motifs is 2. The number of carboxylic acids is 1. The molecular formula is C15H18BrNO2. The van der Waals surface area contributed by atoms with Crippen LogP contribution >= 0.6 is 15.9 Å². The summed E-state index contributed by atoms with van der Waals surface area (Å²) < 4.78 is 1.13. The minimum atomic E-state index is -0.625. The Morgan fingerprint density at radius 1 is 1.47 bits per heavy atom. The molecule has 3 unspecified atom stereocenters. The van der Waals surface area contributed by atoms with Gasteiger partial charge >= 0.3 is 5.97 Å². The zero-order valence-corrected chi connectivity index (χ0v) is 12.6. The molecule has 0 saturated carbocycles. The standard InChI is InChI=1S/C15H18BrNO2/c1-9-2-3-10(13(16)6-9)8-17-11-4-5-14(17)12(7-11)15(18)19/h2-3,6,11-12,14H,4-5,7-8H2,1H3,(H,18,19). The van der Waals surface area contributed by atoms with E-state index in [1.807, 2.05) is 0 Å². The molecule has 2 saturated heterocycles. The van der Waals surface area contributed by atoms with E-state index in [4.69, 9.17) is 0 Å². The van der Waals surface area contributed by atoms with Crippen LogP contribution in [0.1, 0.15) is 30.4 Å². The number of carboxylic acid groups (broad SMARTS) is 1. The zero-order valence-electron chi connectivity index (χ0n) is 11.0. The predicted molar refractivity (Wildman–Crippen MR) is 77.0 cm³/mol. The first-order valence-corrected chi connectivity index (χ1v) is 7.59. The number of nitrogens with zero attached hydrogens (tertiary/aromatic N) is 1. The van der Waals surface area contributed by atoms with Gasteiger partial charge in [0.1, 0.15) is 0 Å². The Bertz CT molecular complexity index is 517. The number of hydrogen-bond acceptors (Lipinski definition) is 2. The summed E-state index contributed by atoms with van der Waals surface area (Å²) in [6.45, 7) is 2.94. The van der Waals surface area contributed by atoms with E-state index in [1.165, 1.54) is 11.1 Å². The topological polar surface area (TPSA) is 40.5 Å². The molecule has 1 N–H and O–H groups in total. The highest BCUT2D eigenvalue weighted by Crippen LogP contribution is 2.43. The normalized spacial score (nSPS) is 29.9. The van der Waals surface area contributed by atoms with Crippen molar-refractivity contribution in [2.24, 2.45) is 5.92 Å². The molecule has 4 heteroatoms. The molecule has 2 aliphatic rings. The summed E-state index contributed by atoms with van der Waals surface area (Å²) in [5.41, 5.74) is 2.50. The van der Waals surface area contributed by atoms with Gasteiger partial charge in [-0.1, -0.05) is 28.1 Å². The zero-order chi connectivity index (χ0) is 13.6. The van der Waals surface area contributed by atoms with Crippen molar-refractivity contribution in [3.8, 4) is 0 Å². The molecule has 3 rings (SSSR count). The molecule has 3 nitrogen and oxygen atoms in total. The molecule has 2 bridgehead atoms. The average Bonchev–Trinajstić information content (AvgIpc) is 2.90. The van der Waals surface area contributed by atoms with Crippen LogP contribution in [0.3, 0.4) is 0 Å². The van der Waals surface area contributed by atoms with Gasteiger partial charge in [0, 0.05) is 23.1 Å². The molecule has 3 atom stereocenters. The van der Waals surface area contributed by atoms with Crippen LogP contribution in [0.5, 0.6) is 0 Å². The van der Waals surface area contributed by atoms with Crippen LogP contribution in [-0.4, -0.2) is 28.1 Å². The molecular weight excluding hydrogens is 306 g/mol. The van der Waals surface area contributed by atoms with Crippen molar-refractivity contribution in [3.63, 3.8) is 0 Å². The van der Waals surface area contributed by atoms with E-state index in [2.05, 4.69) is 46.0 Å². The Morgan fingerprint density at radius 3 is 2.89 bits per heavy atom. The summed E-state index contributed by atoms with van der Waals surface area (Å²) in [5, 5.41) is 9.27. The van der Waals surface area contributed by atoms with E-state index in [0.29, 0.717) is 6.04 Å². The fourth-order valence-electron chi connectivity index (χ4n) is 3.59. The fourth-order valence-corrected chi connectivity index (χ4v) is 4.21. The van der Waals surface area contributed by atoms with Gasteiger partial charge < -0.3 is 5.11 Å². The third-order valence-corrected chi connectivity index (χ3v) is 5.30. The smallest absolute Gasteiger partial charge is 0.308 e. The summed E-state index contributed by atoms with van der Waals surface area (Å²) in [6.07, 6.45) is 3.01. The molecule has 0 aliphatic carbocycles. The van der Waals surface area contributed by atoms with Crippen LogP contribution < -0.4 is 0 Å². The Hall–Kier alpha value is -0.870. The van der Waals surface area contributed by atoms with Crippen LogP contribution in [0.15, 0.2) is 22.7 Å². The third kappa shape index (κ3) is 2.32. The van der Waals surface area contributed by atoms with Gasteiger partial charge in [-0.2, -0.15) is 0 Å². The van der Waals surface area contributed by atoms with E-state index in [-0.39, 0.29) is 12.0 Å². The lowest BCUT2D eigenvalue weighted by Crippen LogP contribution is -2.32. The highest BCUT2D eigenvalue weighted by molar-refractivity contribution is 9.10. The minimum absolute atomic E-state index is 0.164. The third-order valence-electron chi connectivity index (χ3n) is 4.56. The van der Waals surface area contributed by atoms with Crippen molar-refractivity contribution in [1.82, 2.24) is 4.90 Å². The first kappa shape index (κ1) is 13.1. The van der Waals surface area contributed by atoms with Gasteiger partial charge in [-0.15, -0.1) is 0 Å². The summed E-state index contributed by atoms with van der Waals surface area (Å²) in [5.74, 6) is -0.789. The summed E-state index contributed by atoms with van der Waals surface area (Å²) in [7, 11) is 0. The molecule has 1 aromatic carbocycles. The molecule has 19 heavy (non-hydrogen) atoms. The molecule has 1 aromatic rings. The second-order valence-electron chi connectivity index (χ2n) is 5.75. The lowest BCUT2D eigenvalue weighted by molar-refractivity contribution is -0.142. The largest absolute Gasteiger partial charge is 0.481 e. The fraction of sp³-hybridized carbons (Fsp3) is 0.533. The van der Waals surface area contributed by atoms with Crippen molar-refractivity contribution in [1.29, 1.82) is 0 Å². The van der Waals surface area contributed by atoms with Gasteiger partial charge in [0.15, 0.2) is 0 Å². The van der Waals surface area contributed by atoms with Crippen molar-refractivity contribution in [3.05, 3.63) is 33.8 Å². The van der Waals surface area contributed by atoms with Crippen molar-refractivity contribution < 1.29 is 9.90 Å². The van der Waals surface area contributed by atoms with Crippen LogP contribution in [0.2, 0.25) is 0 Å². The van der Waals surface area contributed by atoms with Crippen LogP contribution in [-0.2, 0) is 11.3 Å². The van der Waals surface area contributed by atoms with E-state index in [9.17, 15) is 9.90 Å².